The highest BCUT2D eigenvalue weighted by molar-refractivity contribution is 5.87. The molecule has 2 aliphatic rings. The van der Waals surface area contributed by atoms with Gasteiger partial charge in [-0.2, -0.15) is 0 Å². The molecule has 3 rings (SSSR count). The smallest absolute Gasteiger partial charge is 0.326 e. The van der Waals surface area contributed by atoms with Gasteiger partial charge in [-0.25, -0.2) is 4.79 Å². The Morgan fingerprint density at radius 3 is 2.40 bits per heavy atom. The van der Waals surface area contributed by atoms with E-state index < -0.39 is 30.1 Å². The molecule has 1 aromatic carbocycles. The molecule has 1 heterocycles. The Morgan fingerprint density at radius 1 is 1.10 bits per heavy atom. The zero-order chi connectivity index (χ0) is 21.7. The van der Waals surface area contributed by atoms with E-state index in [9.17, 15) is 24.6 Å². The lowest BCUT2D eigenvalue weighted by Gasteiger charge is -2.45. The van der Waals surface area contributed by atoms with Crippen molar-refractivity contribution in [3.05, 3.63) is 35.9 Å². The van der Waals surface area contributed by atoms with E-state index in [4.69, 9.17) is 0 Å². The number of carboxylic acid groups (broad SMARTS) is 2. The lowest BCUT2D eigenvalue weighted by Crippen LogP contribution is -2.59. The fourth-order valence-corrected chi connectivity index (χ4v) is 4.96. The predicted molar refractivity (Wildman–Crippen MR) is 112 cm³/mol. The summed E-state index contributed by atoms with van der Waals surface area (Å²) in [6.45, 7) is 2.08. The second-order valence-corrected chi connectivity index (χ2v) is 8.69. The summed E-state index contributed by atoms with van der Waals surface area (Å²) >= 11 is 0. The van der Waals surface area contributed by atoms with E-state index in [1.807, 2.05) is 30.3 Å². The molecule has 164 valence electrons. The van der Waals surface area contributed by atoms with Crippen molar-refractivity contribution in [2.24, 2.45) is 11.8 Å². The van der Waals surface area contributed by atoms with Crippen LogP contribution in [-0.2, 0) is 20.8 Å². The third-order valence-corrected chi connectivity index (χ3v) is 6.65. The fourth-order valence-electron chi connectivity index (χ4n) is 4.96. The van der Waals surface area contributed by atoms with Crippen LogP contribution in [0.3, 0.4) is 0 Å². The first-order valence-electron chi connectivity index (χ1n) is 10.9. The molecule has 1 amide bonds. The number of rotatable bonds is 8. The molecule has 30 heavy (non-hydrogen) atoms. The van der Waals surface area contributed by atoms with Gasteiger partial charge in [0.2, 0.25) is 5.91 Å². The second kappa shape index (κ2) is 10.1. The second-order valence-electron chi connectivity index (χ2n) is 8.69. The zero-order valence-electron chi connectivity index (χ0n) is 17.5. The molecule has 1 aliphatic heterocycles. The van der Waals surface area contributed by atoms with Crippen molar-refractivity contribution in [1.82, 2.24) is 10.2 Å². The Morgan fingerprint density at radius 2 is 1.77 bits per heavy atom. The van der Waals surface area contributed by atoms with Crippen LogP contribution in [0.25, 0.3) is 0 Å². The fraction of sp³-hybridized carbons (Fsp3) is 0.609. The Hall–Kier alpha value is -2.41. The normalized spacial score (nSPS) is 25.8. The summed E-state index contributed by atoms with van der Waals surface area (Å²) in [5.41, 5.74) is 1.04. The third-order valence-electron chi connectivity index (χ3n) is 6.65. The first kappa shape index (κ1) is 22.3. The molecule has 1 saturated heterocycles. The van der Waals surface area contributed by atoms with Crippen molar-refractivity contribution in [2.75, 3.05) is 6.54 Å². The number of carbonyl (C=O) groups excluding carboxylic acids is 1. The monoisotopic (exact) mass is 416 g/mol. The molecule has 4 unspecified atom stereocenters. The molecule has 7 heteroatoms. The van der Waals surface area contributed by atoms with Crippen LogP contribution in [0.15, 0.2) is 30.3 Å². The van der Waals surface area contributed by atoms with Crippen molar-refractivity contribution < 1.29 is 24.6 Å². The minimum Gasteiger partial charge on any atom is -0.480 e. The van der Waals surface area contributed by atoms with Gasteiger partial charge in [0.1, 0.15) is 12.1 Å². The average molecular weight is 417 g/mol. The highest BCUT2D eigenvalue weighted by atomic mass is 16.4. The predicted octanol–water partition coefficient (Wildman–Crippen LogP) is 2.54. The van der Waals surface area contributed by atoms with Gasteiger partial charge in [0, 0.05) is 6.54 Å². The van der Waals surface area contributed by atoms with Gasteiger partial charge >= 0.3 is 11.9 Å². The van der Waals surface area contributed by atoms with E-state index in [1.165, 1.54) is 4.90 Å². The molecule has 5 atom stereocenters. The van der Waals surface area contributed by atoms with Crippen molar-refractivity contribution in [3.8, 4) is 0 Å². The number of nitrogens with zero attached hydrogens (tertiary/aromatic N) is 1. The number of amides is 1. The number of carbonyl (C=O) groups is 3. The first-order chi connectivity index (χ1) is 14.4. The van der Waals surface area contributed by atoms with Crippen molar-refractivity contribution in [3.63, 3.8) is 0 Å². The lowest BCUT2D eigenvalue weighted by atomic mass is 9.73. The maximum Gasteiger partial charge on any atom is 0.326 e. The summed E-state index contributed by atoms with van der Waals surface area (Å²) in [5.74, 6) is -1.59. The maximum absolute atomic E-state index is 13.1. The molecule has 7 nitrogen and oxygen atoms in total. The van der Waals surface area contributed by atoms with Crippen LogP contribution in [0.4, 0.5) is 0 Å². The highest BCUT2D eigenvalue weighted by Crippen LogP contribution is 2.38. The number of carboxylic acids is 2. The summed E-state index contributed by atoms with van der Waals surface area (Å²) in [4.78, 5) is 38.2. The Kier molecular flexibility index (Phi) is 7.48. The van der Waals surface area contributed by atoms with E-state index in [-0.39, 0.29) is 5.91 Å². The SMILES string of the molecule is C[C@H](NC(CCc1ccccc1)C(=O)O)C(=O)N1CC2CCCCC2CC1C(=O)O. The van der Waals surface area contributed by atoms with Gasteiger partial charge in [0.05, 0.1) is 6.04 Å². The van der Waals surface area contributed by atoms with Crippen LogP contribution in [0.2, 0.25) is 0 Å². The van der Waals surface area contributed by atoms with Crippen LogP contribution in [-0.4, -0.2) is 57.6 Å². The Labute approximate surface area is 177 Å². The van der Waals surface area contributed by atoms with Gasteiger partial charge in [-0.1, -0.05) is 49.6 Å². The lowest BCUT2D eigenvalue weighted by molar-refractivity contribution is -0.156. The number of benzene rings is 1. The van der Waals surface area contributed by atoms with E-state index in [2.05, 4.69) is 5.32 Å². The van der Waals surface area contributed by atoms with Gasteiger partial charge in [-0.05, 0) is 50.0 Å². The van der Waals surface area contributed by atoms with E-state index >= 15 is 0 Å². The van der Waals surface area contributed by atoms with E-state index in [0.717, 1.165) is 31.2 Å². The van der Waals surface area contributed by atoms with Gasteiger partial charge in [-0.15, -0.1) is 0 Å². The number of likely N-dealkylation sites (tertiary alicyclic amines) is 1. The molecule has 0 aromatic heterocycles. The quantitative estimate of drug-likeness (QED) is 0.601. The van der Waals surface area contributed by atoms with Crippen molar-refractivity contribution in [2.45, 2.75) is 70.0 Å². The highest BCUT2D eigenvalue weighted by Gasteiger charge is 2.43. The van der Waals surface area contributed by atoms with Crippen LogP contribution in [0.1, 0.15) is 51.0 Å². The minimum absolute atomic E-state index is 0.322. The first-order valence-corrected chi connectivity index (χ1v) is 10.9. The largest absolute Gasteiger partial charge is 0.480 e. The van der Waals surface area contributed by atoms with Crippen molar-refractivity contribution >= 4 is 17.8 Å². The molecule has 0 bridgehead atoms. The number of hydrogen-bond donors (Lipinski definition) is 3. The molecule has 1 aromatic rings. The van der Waals surface area contributed by atoms with E-state index in [0.29, 0.717) is 37.6 Å². The molecule has 0 radical (unpaired) electrons. The molecule has 2 fully saturated rings. The van der Waals surface area contributed by atoms with Gasteiger partial charge in [-0.3, -0.25) is 14.9 Å². The van der Waals surface area contributed by atoms with Gasteiger partial charge in [0.25, 0.3) is 0 Å². The van der Waals surface area contributed by atoms with E-state index in [1.54, 1.807) is 6.92 Å². The van der Waals surface area contributed by atoms with Gasteiger partial charge in [0.15, 0.2) is 0 Å². The van der Waals surface area contributed by atoms with Crippen LogP contribution < -0.4 is 5.32 Å². The van der Waals surface area contributed by atoms with Crippen LogP contribution in [0.5, 0.6) is 0 Å². The zero-order valence-corrected chi connectivity index (χ0v) is 17.5. The third kappa shape index (κ3) is 5.39. The van der Waals surface area contributed by atoms with Crippen LogP contribution in [0, 0.1) is 11.8 Å². The topological polar surface area (TPSA) is 107 Å². The summed E-state index contributed by atoms with van der Waals surface area (Å²) in [5, 5.41) is 22.2. The number of aryl methyl sites for hydroxylation is 1. The average Bonchev–Trinajstić information content (AvgIpc) is 2.75. The summed E-state index contributed by atoms with van der Waals surface area (Å²) in [6.07, 6.45) is 5.73. The standard InChI is InChI=1S/C23H32N2O5/c1-15(24-19(22(27)28)12-11-16-7-3-2-4-8-16)21(26)25-14-18-10-6-5-9-17(18)13-20(25)23(29)30/h2-4,7-8,15,17-20,24H,5-6,9-14H2,1H3,(H,27,28)(H,29,30)/t15-,17?,18?,19?,20?/m0/s1. The maximum atomic E-state index is 13.1. The number of piperidine rings is 1. The number of fused-ring (bicyclic) bond motifs is 1. The van der Waals surface area contributed by atoms with Crippen molar-refractivity contribution in [1.29, 1.82) is 0 Å². The number of nitrogens with one attached hydrogen (secondary N) is 1. The summed E-state index contributed by atoms with van der Waals surface area (Å²) in [6, 6.07) is 7.15. The molecule has 3 N–H and O–H groups in total. The molecular formula is C23H32N2O5. The van der Waals surface area contributed by atoms with Crippen LogP contribution >= 0.6 is 0 Å². The molecule has 1 saturated carbocycles. The number of aliphatic carboxylic acids is 2. The number of hydrogen-bond acceptors (Lipinski definition) is 4. The summed E-state index contributed by atoms with van der Waals surface area (Å²) < 4.78 is 0. The molecule has 1 aliphatic carbocycles. The molecular weight excluding hydrogens is 384 g/mol. The minimum atomic E-state index is -1.01. The summed E-state index contributed by atoms with van der Waals surface area (Å²) in [7, 11) is 0. The van der Waals surface area contributed by atoms with Gasteiger partial charge < -0.3 is 15.1 Å². The Bertz CT molecular complexity index is 753. The Balaban J connectivity index is 1.64. The molecule has 0 spiro atoms.